The van der Waals surface area contributed by atoms with E-state index in [1.54, 1.807) is 14.2 Å². The molecule has 4 rings (SSSR count). The van der Waals surface area contributed by atoms with Crippen LogP contribution < -0.4 is 9.47 Å². The molecule has 132 valence electrons. The van der Waals surface area contributed by atoms with Gasteiger partial charge < -0.3 is 19.3 Å². The van der Waals surface area contributed by atoms with Crippen LogP contribution in [0.15, 0.2) is 42.5 Å². The molecule has 1 fully saturated rings. The molecular weight excluding hydrogens is 316 g/mol. The summed E-state index contributed by atoms with van der Waals surface area (Å²) in [6, 6.07) is 13.5. The summed E-state index contributed by atoms with van der Waals surface area (Å²) in [5.74, 6) is -0.164. The van der Waals surface area contributed by atoms with E-state index in [1.807, 2.05) is 42.5 Å². The van der Waals surface area contributed by atoms with E-state index in [0.29, 0.717) is 18.1 Å². The topological polar surface area (TPSA) is 47.9 Å². The zero-order valence-electron chi connectivity index (χ0n) is 14.7. The monoisotopic (exact) mass is 340 g/mol. The van der Waals surface area contributed by atoms with Gasteiger partial charge in [-0.3, -0.25) is 0 Å². The number of fused-ring (bicyclic) bond motifs is 2. The number of rotatable bonds is 3. The second kappa shape index (κ2) is 6.04. The molecule has 0 saturated heterocycles. The molecule has 2 aromatic carbocycles. The van der Waals surface area contributed by atoms with Crippen molar-refractivity contribution >= 4 is 0 Å². The van der Waals surface area contributed by atoms with Gasteiger partial charge in [0.2, 0.25) is 5.79 Å². The third-order valence-electron chi connectivity index (χ3n) is 5.74. The van der Waals surface area contributed by atoms with Gasteiger partial charge in [-0.2, -0.15) is 0 Å². The van der Waals surface area contributed by atoms with E-state index < -0.39 is 5.79 Å². The number of methoxy groups -OCH3 is 2. The molecule has 1 atom stereocenters. The van der Waals surface area contributed by atoms with Crippen molar-refractivity contribution in [2.75, 3.05) is 20.8 Å². The van der Waals surface area contributed by atoms with Crippen LogP contribution in [0, 0.1) is 0 Å². The van der Waals surface area contributed by atoms with Crippen LogP contribution in [0.25, 0.3) is 0 Å². The Labute approximate surface area is 148 Å². The summed E-state index contributed by atoms with van der Waals surface area (Å²) in [5, 5.41) is 11.5. The van der Waals surface area contributed by atoms with E-state index >= 15 is 0 Å². The zero-order valence-corrected chi connectivity index (χ0v) is 14.7. The number of aliphatic hydroxyl groups is 1. The van der Waals surface area contributed by atoms with Gasteiger partial charge in [-0.05, 0) is 30.5 Å². The molecule has 4 heteroatoms. The Balaban J connectivity index is 1.95. The fourth-order valence-electron chi connectivity index (χ4n) is 4.36. The summed E-state index contributed by atoms with van der Waals surface area (Å²) in [4.78, 5) is 0. The lowest BCUT2D eigenvalue weighted by atomic mass is 9.72. The molecule has 1 aliphatic carbocycles. The lowest BCUT2D eigenvalue weighted by Gasteiger charge is -2.44. The zero-order chi connectivity index (χ0) is 17.5. The maximum atomic E-state index is 11.5. The highest BCUT2D eigenvalue weighted by Crippen LogP contribution is 2.53. The molecule has 0 amide bonds. The maximum absolute atomic E-state index is 11.5. The van der Waals surface area contributed by atoms with E-state index in [-0.39, 0.29) is 5.41 Å². The largest absolute Gasteiger partial charge is 0.493 e. The third-order valence-corrected chi connectivity index (χ3v) is 5.74. The standard InChI is InChI=1S/C21H24O4/c1-23-18-12-16-17(13-19(18)24-2)21(22,15-8-4-3-5-9-15)25-14-20(16)10-6-7-11-20/h3-5,8-9,12-13,22H,6-7,10-11,14H2,1-2H3. The second-order valence-electron chi connectivity index (χ2n) is 7.04. The SMILES string of the molecule is COc1cc2c(cc1OC)C(O)(c1ccccc1)OCC21CCCC1. The van der Waals surface area contributed by atoms with E-state index in [9.17, 15) is 5.11 Å². The summed E-state index contributed by atoms with van der Waals surface area (Å²) in [6.07, 6.45) is 4.50. The van der Waals surface area contributed by atoms with Crippen LogP contribution in [-0.2, 0) is 15.9 Å². The van der Waals surface area contributed by atoms with Crippen molar-refractivity contribution in [2.45, 2.75) is 36.9 Å². The first-order valence-corrected chi connectivity index (χ1v) is 8.82. The molecule has 0 aromatic heterocycles. The molecule has 0 bridgehead atoms. The van der Waals surface area contributed by atoms with E-state index in [4.69, 9.17) is 14.2 Å². The summed E-state index contributed by atoms with van der Waals surface area (Å²) >= 11 is 0. The van der Waals surface area contributed by atoms with Crippen molar-refractivity contribution in [3.8, 4) is 11.5 Å². The average molecular weight is 340 g/mol. The molecule has 1 heterocycles. The van der Waals surface area contributed by atoms with Gasteiger partial charge in [-0.25, -0.2) is 0 Å². The minimum Gasteiger partial charge on any atom is -0.493 e. The summed E-state index contributed by atoms with van der Waals surface area (Å²) < 4.78 is 17.2. The predicted molar refractivity (Wildman–Crippen MR) is 95.1 cm³/mol. The summed E-state index contributed by atoms with van der Waals surface area (Å²) in [5.41, 5.74) is 2.58. The van der Waals surface area contributed by atoms with Crippen molar-refractivity contribution in [2.24, 2.45) is 0 Å². The average Bonchev–Trinajstić information content (AvgIpc) is 3.14. The number of hydrogen-bond acceptors (Lipinski definition) is 4. The lowest BCUT2D eigenvalue weighted by Crippen LogP contribution is -2.45. The molecule has 1 spiro atoms. The van der Waals surface area contributed by atoms with Crippen LogP contribution >= 0.6 is 0 Å². The molecule has 1 N–H and O–H groups in total. The number of hydrogen-bond donors (Lipinski definition) is 1. The first-order valence-electron chi connectivity index (χ1n) is 8.82. The third kappa shape index (κ3) is 2.43. The first-order chi connectivity index (χ1) is 12.1. The normalized spacial score (nSPS) is 24.1. The molecule has 2 aliphatic rings. The second-order valence-corrected chi connectivity index (χ2v) is 7.04. The van der Waals surface area contributed by atoms with Gasteiger partial charge in [0.25, 0.3) is 0 Å². The highest BCUT2D eigenvalue weighted by atomic mass is 16.6. The quantitative estimate of drug-likeness (QED) is 0.925. The molecule has 1 unspecified atom stereocenters. The van der Waals surface area contributed by atoms with Crippen molar-refractivity contribution in [3.63, 3.8) is 0 Å². The number of benzene rings is 2. The summed E-state index contributed by atoms with van der Waals surface area (Å²) in [7, 11) is 3.26. The van der Waals surface area contributed by atoms with E-state index in [2.05, 4.69) is 0 Å². The predicted octanol–water partition coefficient (Wildman–Crippen LogP) is 3.74. The van der Waals surface area contributed by atoms with Crippen LogP contribution in [0.1, 0.15) is 42.4 Å². The van der Waals surface area contributed by atoms with Crippen LogP contribution in [0.3, 0.4) is 0 Å². The molecule has 2 aromatic rings. The smallest absolute Gasteiger partial charge is 0.220 e. The van der Waals surface area contributed by atoms with Gasteiger partial charge in [0.15, 0.2) is 11.5 Å². The Morgan fingerprint density at radius 1 is 0.920 bits per heavy atom. The number of ether oxygens (including phenoxy) is 3. The van der Waals surface area contributed by atoms with Crippen LogP contribution in [-0.4, -0.2) is 25.9 Å². The van der Waals surface area contributed by atoms with Crippen LogP contribution in [0.4, 0.5) is 0 Å². The summed E-state index contributed by atoms with van der Waals surface area (Å²) in [6.45, 7) is 0.515. The van der Waals surface area contributed by atoms with Crippen molar-refractivity contribution in [3.05, 3.63) is 59.2 Å². The first kappa shape index (κ1) is 16.4. The Hall–Kier alpha value is -2.04. The highest BCUT2D eigenvalue weighted by Gasteiger charge is 2.49. The van der Waals surface area contributed by atoms with Gasteiger partial charge in [0.05, 0.1) is 20.8 Å². The minimum absolute atomic E-state index is 0.0457. The molecule has 1 aliphatic heterocycles. The van der Waals surface area contributed by atoms with Crippen LogP contribution in [0.2, 0.25) is 0 Å². The molecule has 1 saturated carbocycles. The van der Waals surface area contributed by atoms with Gasteiger partial charge in [0.1, 0.15) is 0 Å². The fourth-order valence-corrected chi connectivity index (χ4v) is 4.36. The van der Waals surface area contributed by atoms with Crippen molar-refractivity contribution in [1.82, 2.24) is 0 Å². The Morgan fingerprint density at radius 3 is 2.12 bits per heavy atom. The Kier molecular flexibility index (Phi) is 3.97. The van der Waals surface area contributed by atoms with Crippen molar-refractivity contribution in [1.29, 1.82) is 0 Å². The van der Waals surface area contributed by atoms with E-state index in [1.165, 1.54) is 12.8 Å². The fraction of sp³-hybridized carbons (Fsp3) is 0.429. The molecular formula is C21H24O4. The Morgan fingerprint density at radius 2 is 1.52 bits per heavy atom. The van der Waals surface area contributed by atoms with Gasteiger partial charge >= 0.3 is 0 Å². The van der Waals surface area contributed by atoms with Gasteiger partial charge in [-0.1, -0.05) is 43.2 Å². The molecule has 0 radical (unpaired) electrons. The lowest BCUT2D eigenvalue weighted by molar-refractivity contribution is -0.202. The van der Waals surface area contributed by atoms with Crippen LogP contribution in [0.5, 0.6) is 11.5 Å². The van der Waals surface area contributed by atoms with Gasteiger partial charge in [-0.15, -0.1) is 0 Å². The van der Waals surface area contributed by atoms with E-state index in [0.717, 1.165) is 29.5 Å². The highest BCUT2D eigenvalue weighted by molar-refractivity contribution is 5.55. The molecule has 4 nitrogen and oxygen atoms in total. The van der Waals surface area contributed by atoms with Gasteiger partial charge in [0, 0.05) is 16.5 Å². The maximum Gasteiger partial charge on any atom is 0.220 e. The molecule has 25 heavy (non-hydrogen) atoms. The van der Waals surface area contributed by atoms with Crippen molar-refractivity contribution < 1.29 is 19.3 Å². The minimum atomic E-state index is -1.47. The Bertz CT molecular complexity index is 765.